The van der Waals surface area contributed by atoms with E-state index in [1.54, 1.807) is 0 Å². The van der Waals surface area contributed by atoms with Crippen LogP contribution < -0.4 is 5.32 Å². The summed E-state index contributed by atoms with van der Waals surface area (Å²) in [5.74, 6) is 2.47. The normalized spacial score (nSPS) is 25.6. The Morgan fingerprint density at radius 2 is 1.87 bits per heavy atom. The summed E-state index contributed by atoms with van der Waals surface area (Å²) in [4.78, 5) is 2.48. The Morgan fingerprint density at radius 3 is 2.40 bits per heavy atom. The van der Waals surface area contributed by atoms with Gasteiger partial charge in [-0.15, -0.1) is 0 Å². The molecule has 2 unspecified atom stereocenters. The lowest BCUT2D eigenvalue weighted by molar-refractivity contribution is 0.280. The van der Waals surface area contributed by atoms with Crippen molar-refractivity contribution < 1.29 is 0 Å². The minimum atomic E-state index is 0.777. The summed E-state index contributed by atoms with van der Waals surface area (Å²) in [5, 5.41) is 3.64. The van der Waals surface area contributed by atoms with Crippen molar-refractivity contribution in [2.24, 2.45) is 17.8 Å². The van der Waals surface area contributed by atoms with Crippen LogP contribution >= 0.6 is 0 Å². The molecule has 1 N–H and O–H groups in total. The van der Waals surface area contributed by atoms with Gasteiger partial charge in [-0.05, 0) is 37.8 Å². The Morgan fingerprint density at radius 1 is 1.20 bits per heavy atom. The molecule has 0 spiro atoms. The molecule has 2 nitrogen and oxygen atoms in total. The van der Waals surface area contributed by atoms with Crippen LogP contribution in [0.2, 0.25) is 0 Å². The van der Waals surface area contributed by atoms with Crippen LogP contribution in [0.1, 0.15) is 34.1 Å². The van der Waals surface area contributed by atoms with E-state index in [0.717, 1.165) is 23.8 Å². The Labute approximate surface area is 95.4 Å². The number of rotatable bonds is 7. The fourth-order valence-corrected chi connectivity index (χ4v) is 2.18. The second kappa shape index (κ2) is 5.86. The Kier molecular flexibility index (Phi) is 5.07. The van der Waals surface area contributed by atoms with E-state index >= 15 is 0 Å². The Bertz CT molecular complexity index is 177. The average molecular weight is 212 g/mol. The highest BCUT2D eigenvalue weighted by Gasteiger charge is 2.36. The highest BCUT2D eigenvalue weighted by Crippen LogP contribution is 2.31. The average Bonchev–Trinajstić information content (AvgIpc) is 2.78. The topological polar surface area (TPSA) is 15.3 Å². The molecular weight excluding hydrogens is 184 g/mol. The molecule has 0 aromatic rings. The smallest absolute Gasteiger partial charge is 0.0112 e. The van der Waals surface area contributed by atoms with Crippen molar-refractivity contribution in [3.8, 4) is 0 Å². The molecule has 0 aromatic carbocycles. The van der Waals surface area contributed by atoms with Crippen LogP contribution in [-0.4, -0.2) is 37.6 Å². The van der Waals surface area contributed by atoms with Gasteiger partial charge in [-0.1, -0.05) is 27.7 Å². The first-order valence-electron chi connectivity index (χ1n) is 6.41. The Hall–Kier alpha value is -0.0800. The molecule has 0 aromatic heterocycles. The van der Waals surface area contributed by atoms with Gasteiger partial charge in [-0.3, -0.25) is 0 Å². The van der Waals surface area contributed by atoms with E-state index in [0.29, 0.717) is 0 Å². The molecule has 1 aliphatic rings. The van der Waals surface area contributed by atoms with Crippen molar-refractivity contribution in [2.45, 2.75) is 40.2 Å². The van der Waals surface area contributed by atoms with E-state index in [2.05, 4.69) is 45.0 Å². The van der Waals surface area contributed by atoms with E-state index in [-0.39, 0.29) is 0 Å². The summed E-state index contributed by atoms with van der Waals surface area (Å²) >= 11 is 0. The van der Waals surface area contributed by atoms with E-state index in [9.17, 15) is 0 Å². The van der Waals surface area contributed by atoms with Crippen LogP contribution in [0.4, 0.5) is 0 Å². The summed E-state index contributed by atoms with van der Waals surface area (Å²) in [6, 6.07) is 0.807. The minimum Gasteiger partial charge on any atom is -0.313 e. The molecule has 0 amide bonds. The minimum absolute atomic E-state index is 0.777. The highest BCUT2D eigenvalue weighted by molar-refractivity contribution is 4.94. The zero-order chi connectivity index (χ0) is 11.4. The zero-order valence-electron chi connectivity index (χ0n) is 11.1. The molecule has 0 saturated heterocycles. The summed E-state index contributed by atoms with van der Waals surface area (Å²) in [5.41, 5.74) is 0. The first-order chi connectivity index (χ1) is 6.99. The third-order valence-electron chi connectivity index (χ3n) is 2.93. The fraction of sp³-hybridized carbons (Fsp3) is 1.00. The van der Waals surface area contributed by atoms with E-state index in [4.69, 9.17) is 0 Å². The van der Waals surface area contributed by atoms with Gasteiger partial charge in [0.2, 0.25) is 0 Å². The molecule has 0 bridgehead atoms. The van der Waals surface area contributed by atoms with E-state index in [1.165, 1.54) is 26.1 Å². The van der Waals surface area contributed by atoms with Crippen LogP contribution in [0.5, 0.6) is 0 Å². The molecule has 90 valence electrons. The quantitative estimate of drug-likeness (QED) is 0.696. The third-order valence-corrected chi connectivity index (χ3v) is 2.93. The summed E-state index contributed by atoms with van der Waals surface area (Å²) in [6.07, 6.45) is 1.38. The molecule has 2 atom stereocenters. The molecule has 1 rings (SSSR count). The maximum atomic E-state index is 3.64. The van der Waals surface area contributed by atoms with Gasteiger partial charge in [0.1, 0.15) is 0 Å². The van der Waals surface area contributed by atoms with Gasteiger partial charge >= 0.3 is 0 Å². The van der Waals surface area contributed by atoms with Crippen LogP contribution in [0.3, 0.4) is 0 Å². The lowest BCUT2D eigenvalue weighted by Gasteiger charge is -2.18. The van der Waals surface area contributed by atoms with Gasteiger partial charge in [-0.25, -0.2) is 0 Å². The van der Waals surface area contributed by atoms with Gasteiger partial charge < -0.3 is 10.2 Å². The van der Waals surface area contributed by atoms with Gasteiger partial charge in [0.25, 0.3) is 0 Å². The lowest BCUT2D eigenvalue weighted by Crippen LogP contribution is -2.29. The molecule has 1 aliphatic carbocycles. The van der Waals surface area contributed by atoms with Crippen LogP contribution in [0.25, 0.3) is 0 Å². The summed E-state index contributed by atoms with van der Waals surface area (Å²) in [7, 11) is 2.25. The maximum absolute atomic E-state index is 3.64. The first kappa shape index (κ1) is 13.0. The molecule has 0 radical (unpaired) electrons. The standard InChI is InChI=1S/C13H28N2/c1-10(2)7-14-13-6-12(13)9-15(5)8-11(3)4/h10-14H,6-9H2,1-5H3. The van der Waals surface area contributed by atoms with Crippen LogP contribution in [-0.2, 0) is 0 Å². The maximum Gasteiger partial charge on any atom is 0.0112 e. The van der Waals surface area contributed by atoms with Gasteiger partial charge in [0.15, 0.2) is 0 Å². The number of hydrogen-bond donors (Lipinski definition) is 1. The van der Waals surface area contributed by atoms with Crippen LogP contribution in [0.15, 0.2) is 0 Å². The Balaban J connectivity index is 2.05. The monoisotopic (exact) mass is 212 g/mol. The number of nitrogens with one attached hydrogen (secondary N) is 1. The van der Waals surface area contributed by atoms with Gasteiger partial charge in [0.05, 0.1) is 0 Å². The molecular formula is C13H28N2. The van der Waals surface area contributed by atoms with E-state index in [1.807, 2.05) is 0 Å². The molecule has 2 heteroatoms. The molecule has 0 aliphatic heterocycles. The predicted molar refractivity (Wildman–Crippen MR) is 67.1 cm³/mol. The highest BCUT2D eigenvalue weighted by atomic mass is 15.1. The van der Waals surface area contributed by atoms with Crippen molar-refractivity contribution in [3.63, 3.8) is 0 Å². The predicted octanol–water partition coefficient (Wildman–Crippen LogP) is 2.21. The lowest BCUT2D eigenvalue weighted by atomic mass is 10.2. The van der Waals surface area contributed by atoms with Crippen molar-refractivity contribution in [2.75, 3.05) is 26.7 Å². The van der Waals surface area contributed by atoms with Gasteiger partial charge in [-0.2, -0.15) is 0 Å². The van der Waals surface area contributed by atoms with Crippen molar-refractivity contribution >= 4 is 0 Å². The largest absolute Gasteiger partial charge is 0.313 e. The van der Waals surface area contributed by atoms with Crippen molar-refractivity contribution in [1.82, 2.24) is 10.2 Å². The van der Waals surface area contributed by atoms with Gasteiger partial charge in [0, 0.05) is 19.1 Å². The molecule has 0 heterocycles. The van der Waals surface area contributed by atoms with Crippen molar-refractivity contribution in [1.29, 1.82) is 0 Å². The summed E-state index contributed by atoms with van der Waals surface area (Å²) < 4.78 is 0. The first-order valence-corrected chi connectivity index (χ1v) is 6.41. The van der Waals surface area contributed by atoms with Crippen LogP contribution in [0, 0.1) is 17.8 Å². The number of hydrogen-bond acceptors (Lipinski definition) is 2. The second-order valence-electron chi connectivity index (χ2n) is 6.02. The molecule has 1 fully saturated rings. The molecule has 15 heavy (non-hydrogen) atoms. The van der Waals surface area contributed by atoms with E-state index < -0.39 is 0 Å². The van der Waals surface area contributed by atoms with Crippen molar-refractivity contribution in [3.05, 3.63) is 0 Å². The third kappa shape index (κ3) is 5.53. The SMILES string of the molecule is CC(C)CNC1CC1CN(C)CC(C)C. The second-order valence-corrected chi connectivity index (χ2v) is 6.02. The zero-order valence-corrected chi connectivity index (χ0v) is 11.1. The number of nitrogens with zero attached hydrogens (tertiary/aromatic N) is 1. The summed E-state index contributed by atoms with van der Waals surface area (Å²) in [6.45, 7) is 12.8. The molecule has 1 saturated carbocycles. The fourth-order valence-electron chi connectivity index (χ4n) is 2.18.